The third kappa shape index (κ3) is 4.39. The predicted molar refractivity (Wildman–Crippen MR) is 73.4 cm³/mol. The van der Waals surface area contributed by atoms with Crippen LogP contribution >= 0.6 is 0 Å². The molecule has 1 rings (SSSR count). The van der Waals surface area contributed by atoms with Crippen molar-refractivity contribution in [3.8, 4) is 5.75 Å². The van der Waals surface area contributed by atoms with E-state index in [4.69, 9.17) is 10.5 Å². The van der Waals surface area contributed by atoms with E-state index in [1.807, 2.05) is 6.07 Å². The molecule has 0 aliphatic rings. The van der Waals surface area contributed by atoms with Gasteiger partial charge in [0, 0.05) is 6.54 Å². The van der Waals surface area contributed by atoms with Gasteiger partial charge in [-0.05, 0) is 49.4 Å². The maximum atomic E-state index is 5.92. The quantitative estimate of drug-likeness (QED) is 0.849. The molecule has 0 amide bonds. The van der Waals surface area contributed by atoms with Crippen molar-refractivity contribution in [1.82, 2.24) is 0 Å². The van der Waals surface area contributed by atoms with Crippen molar-refractivity contribution < 1.29 is 4.74 Å². The van der Waals surface area contributed by atoms with Gasteiger partial charge >= 0.3 is 0 Å². The SMILES string of the molecule is CC(C)(C)Oc1cc(CN)cc(C(C)(C)C)c1. The number of rotatable bonds is 2. The minimum atomic E-state index is -0.178. The second-order valence-electron chi connectivity index (χ2n) is 6.53. The lowest BCUT2D eigenvalue weighted by Gasteiger charge is -2.25. The maximum Gasteiger partial charge on any atom is 0.120 e. The molecule has 1 aromatic rings. The van der Waals surface area contributed by atoms with Crippen molar-refractivity contribution in [2.45, 2.75) is 59.1 Å². The normalized spacial score (nSPS) is 12.6. The molecule has 2 heteroatoms. The van der Waals surface area contributed by atoms with E-state index in [1.54, 1.807) is 0 Å². The molecule has 2 nitrogen and oxygen atoms in total. The molecule has 0 atom stereocenters. The fourth-order valence-corrected chi connectivity index (χ4v) is 1.62. The van der Waals surface area contributed by atoms with Gasteiger partial charge in [0.1, 0.15) is 11.4 Å². The minimum absolute atomic E-state index is 0.112. The van der Waals surface area contributed by atoms with Crippen LogP contribution in [-0.2, 0) is 12.0 Å². The Labute approximate surface area is 105 Å². The summed E-state index contributed by atoms with van der Waals surface area (Å²) < 4.78 is 5.92. The number of ether oxygens (including phenoxy) is 1. The second-order valence-corrected chi connectivity index (χ2v) is 6.53. The molecule has 0 unspecified atom stereocenters. The lowest BCUT2D eigenvalue weighted by Crippen LogP contribution is -2.23. The highest BCUT2D eigenvalue weighted by molar-refractivity contribution is 5.38. The molecule has 0 saturated carbocycles. The molecule has 17 heavy (non-hydrogen) atoms. The molecule has 96 valence electrons. The van der Waals surface area contributed by atoms with Crippen molar-refractivity contribution in [3.63, 3.8) is 0 Å². The summed E-state index contributed by atoms with van der Waals surface area (Å²) in [7, 11) is 0. The Morgan fingerprint density at radius 1 is 1.00 bits per heavy atom. The summed E-state index contributed by atoms with van der Waals surface area (Å²) in [5, 5.41) is 0. The Balaban J connectivity index is 3.15. The van der Waals surface area contributed by atoms with Crippen molar-refractivity contribution in [2.24, 2.45) is 5.73 Å². The summed E-state index contributed by atoms with van der Waals surface area (Å²) in [6.07, 6.45) is 0. The smallest absolute Gasteiger partial charge is 0.120 e. The van der Waals surface area contributed by atoms with Crippen LogP contribution < -0.4 is 10.5 Å². The van der Waals surface area contributed by atoms with E-state index >= 15 is 0 Å². The highest BCUT2D eigenvalue weighted by Crippen LogP contribution is 2.29. The summed E-state index contributed by atoms with van der Waals surface area (Å²) in [4.78, 5) is 0. The summed E-state index contributed by atoms with van der Waals surface area (Å²) in [6, 6.07) is 6.31. The van der Waals surface area contributed by atoms with Gasteiger partial charge in [-0.3, -0.25) is 0 Å². The van der Waals surface area contributed by atoms with Gasteiger partial charge in [-0.15, -0.1) is 0 Å². The van der Waals surface area contributed by atoms with E-state index < -0.39 is 0 Å². The third-order valence-electron chi connectivity index (χ3n) is 2.49. The molecule has 0 spiro atoms. The van der Waals surface area contributed by atoms with Crippen LogP contribution in [0, 0.1) is 0 Å². The molecule has 0 aliphatic heterocycles. The molecular weight excluding hydrogens is 210 g/mol. The lowest BCUT2D eigenvalue weighted by atomic mass is 9.86. The zero-order valence-electron chi connectivity index (χ0n) is 11.9. The minimum Gasteiger partial charge on any atom is -0.488 e. The first kappa shape index (κ1) is 14.0. The van der Waals surface area contributed by atoms with Gasteiger partial charge in [-0.2, -0.15) is 0 Å². The molecule has 0 fully saturated rings. The summed E-state index contributed by atoms with van der Waals surface area (Å²) in [6.45, 7) is 13.3. The molecule has 0 saturated heterocycles. The molecule has 0 heterocycles. The van der Waals surface area contributed by atoms with E-state index in [0.29, 0.717) is 6.54 Å². The van der Waals surface area contributed by atoms with Gasteiger partial charge in [0.25, 0.3) is 0 Å². The number of benzene rings is 1. The Morgan fingerprint density at radius 3 is 2.00 bits per heavy atom. The average molecular weight is 235 g/mol. The van der Waals surface area contributed by atoms with Gasteiger partial charge in [-0.25, -0.2) is 0 Å². The Hall–Kier alpha value is -1.02. The monoisotopic (exact) mass is 235 g/mol. The first-order valence-electron chi connectivity index (χ1n) is 6.15. The fourth-order valence-electron chi connectivity index (χ4n) is 1.62. The lowest BCUT2D eigenvalue weighted by molar-refractivity contribution is 0.130. The van der Waals surface area contributed by atoms with Crippen molar-refractivity contribution >= 4 is 0 Å². The second kappa shape index (κ2) is 4.69. The van der Waals surface area contributed by atoms with E-state index in [-0.39, 0.29) is 11.0 Å². The van der Waals surface area contributed by atoms with Crippen molar-refractivity contribution in [3.05, 3.63) is 29.3 Å². The van der Waals surface area contributed by atoms with E-state index in [2.05, 4.69) is 53.7 Å². The Kier molecular flexibility index (Phi) is 3.88. The average Bonchev–Trinajstić information content (AvgIpc) is 2.13. The fraction of sp³-hybridized carbons (Fsp3) is 0.600. The van der Waals surface area contributed by atoms with Crippen LogP contribution in [0.2, 0.25) is 0 Å². The molecule has 0 aliphatic carbocycles. The van der Waals surface area contributed by atoms with E-state index in [1.165, 1.54) is 5.56 Å². The van der Waals surface area contributed by atoms with Gasteiger partial charge < -0.3 is 10.5 Å². The first-order chi connectivity index (χ1) is 7.62. The Bertz CT molecular complexity index is 383. The first-order valence-corrected chi connectivity index (χ1v) is 6.15. The van der Waals surface area contributed by atoms with Crippen LogP contribution in [0.15, 0.2) is 18.2 Å². The third-order valence-corrected chi connectivity index (χ3v) is 2.49. The standard InChI is InChI=1S/C15H25NO/c1-14(2,3)12-7-11(10-16)8-13(9-12)17-15(4,5)6/h7-9H,10,16H2,1-6H3. The summed E-state index contributed by atoms with van der Waals surface area (Å²) in [5.41, 5.74) is 8.06. The molecule has 0 aromatic heterocycles. The van der Waals surface area contributed by atoms with Crippen LogP contribution in [0.1, 0.15) is 52.7 Å². The molecule has 0 bridgehead atoms. The topological polar surface area (TPSA) is 35.2 Å². The maximum absolute atomic E-state index is 5.92. The van der Waals surface area contributed by atoms with Crippen molar-refractivity contribution in [1.29, 1.82) is 0 Å². The van der Waals surface area contributed by atoms with E-state index in [9.17, 15) is 0 Å². The number of nitrogens with two attached hydrogens (primary N) is 1. The van der Waals surface area contributed by atoms with Crippen LogP contribution in [0.3, 0.4) is 0 Å². The largest absolute Gasteiger partial charge is 0.488 e. The van der Waals surface area contributed by atoms with Crippen LogP contribution in [-0.4, -0.2) is 5.60 Å². The Morgan fingerprint density at radius 2 is 1.59 bits per heavy atom. The molecule has 2 N–H and O–H groups in total. The molecule has 0 radical (unpaired) electrons. The molecule has 1 aromatic carbocycles. The highest BCUT2D eigenvalue weighted by Gasteiger charge is 2.18. The number of hydrogen-bond donors (Lipinski definition) is 1. The van der Waals surface area contributed by atoms with Gasteiger partial charge in [0.05, 0.1) is 0 Å². The van der Waals surface area contributed by atoms with Crippen LogP contribution in [0.25, 0.3) is 0 Å². The van der Waals surface area contributed by atoms with E-state index in [0.717, 1.165) is 11.3 Å². The summed E-state index contributed by atoms with van der Waals surface area (Å²) in [5.74, 6) is 0.908. The van der Waals surface area contributed by atoms with Crippen LogP contribution in [0.4, 0.5) is 0 Å². The highest BCUT2D eigenvalue weighted by atomic mass is 16.5. The van der Waals surface area contributed by atoms with Gasteiger partial charge in [-0.1, -0.05) is 26.8 Å². The van der Waals surface area contributed by atoms with Gasteiger partial charge in [0.15, 0.2) is 0 Å². The molecular formula is C15H25NO. The summed E-state index contributed by atoms with van der Waals surface area (Å²) >= 11 is 0. The van der Waals surface area contributed by atoms with Gasteiger partial charge in [0.2, 0.25) is 0 Å². The van der Waals surface area contributed by atoms with Crippen LogP contribution in [0.5, 0.6) is 5.75 Å². The zero-order valence-corrected chi connectivity index (χ0v) is 11.9. The number of hydrogen-bond acceptors (Lipinski definition) is 2. The predicted octanol–water partition coefficient (Wildman–Crippen LogP) is 3.62. The zero-order chi connectivity index (χ0) is 13.3. The van der Waals surface area contributed by atoms with Crippen molar-refractivity contribution in [2.75, 3.05) is 0 Å².